The van der Waals surface area contributed by atoms with E-state index in [0.717, 1.165) is 18.7 Å². The van der Waals surface area contributed by atoms with Gasteiger partial charge < -0.3 is 0 Å². The lowest BCUT2D eigenvalue weighted by atomic mass is 10.1. The second-order valence-electron chi connectivity index (χ2n) is 3.04. The van der Waals surface area contributed by atoms with E-state index in [2.05, 4.69) is 23.8 Å². The average molecular weight is 252 g/mol. The van der Waals surface area contributed by atoms with Crippen LogP contribution in [0.1, 0.15) is 26.7 Å². The number of aliphatic imine (C=N–C) groups is 2. The minimum absolute atomic E-state index is 0.844. The van der Waals surface area contributed by atoms with E-state index in [-0.39, 0.29) is 0 Å². The van der Waals surface area contributed by atoms with Gasteiger partial charge in [-0.3, -0.25) is 0 Å². The molecule has 0 saturated carbocycles. The molecule has 0 aromatic carbocycles. The molecule has 4 heteroatoms. The van der Waals surface area contributed by atoms with Gasteiger partial charge in [0.2, 0.25) is 0 Å². The summed E-state index contributed by atoms with van der Waals surface area (Å²) in [6.45, 7) is 4.28. The fraction of sp³-hybridized carbons (Fsp3) is 0.333. The molecule has 0 spiro atoms. The molecule has 0 aliphatic carbocycles. The summed E-state index contributed by atoms with van der Waals surface area (Å²) in [6, 6.07) is 0. The number of hydrogen-bond donors (Lipinski definition) is 0. The third-order valence-corrected chi connectivity index (χ3v) is 3.71. The smallest absolute Gasteiger partial charge is 0.150 e. The van der Waals surface area contributed by atoms with Gasteiger partial charge in [-0.25, -0.2) is 9.98 Å². The van der Waals surface area contributed by atoms with Crippen molar-refractivity contribution in [1.29, 1.82) is 0 Å². The first-order chi connectivity index (χ1) is 7.88. The van der Waals surface area contributed by atoms with E-state index in [1.807, 2.05) is 23.0 Å². The summed E-state index contributed by atoms with van der Waals surface area (Å²) in [6.07, 6.45) is 9.48. The Kier molecular flexibility index (Phi) is 7.01. The van der Waals surface area contributed by atoms with Gasteiger partial charge >= 0.3 is 0 Å². The Balaban J connectivity index is 2.97. The normalized spacial score (nSPS) is 24.2. The summed E-state index contributed by atoms with van der Waals surface area (Å²) in [4.78, 5) is 8.76. The highest BCUT2D eigenvalue weighted by atomic mass is 33.1. The average Bonchev–Trinajstić information content (AvgIpc) is 2.36. The monoisotopic (exact) mass is 252 g/mol. The predicted octanol–water partition coefficient (Wildman–Crippen LogP) is 4.58. The lowest BCUT2D eigenvalue weighted by Crippen LogP contribution is -1.86. The molecule has 0 aromatic rings. The summed E-state index contributed by atoms with van der Waals surface area (Å²) in [7, 11) is 3.32. The first-order valence-corrected chi connectivity index (χ1v) is 7.58. The van der Waals surface area contributed by atoms with Gasteiger partial charge in [0.1, 0.15) is 0 Å². The van der Waals surface area contributed by atoms with Crippen molar-refractivity contribution in [2.75, 3.05) is 0 Å². The summed E-state index contributed by atoms with van der Waals surface area (Å²) in [5.74, 6) is 0.844. The molecule has 0 aromatic heterocycles. The summed E-state index contributed by atoms with van der Waals surface area (Å²) in [5.41, 5.74) is 1.29. The minimum atomic E-state index is 0.844. The van der Waals surface area contributed by atoms with Crippen LogP contribution in [0.4, 0.5) is 0 Å². The molecule has 0 unspecified atom stereocenters. The number of nitrogens with zero attached hydrogens (tertiary/aromatic N) is 2. The van der Waals surface area contributed by atoms with Gasteiger partial charge in [0.15, 0.2) is 5.82 Å². The zero-order valence-corrected chi connectivity index (χ0v) is 11.2. The van der Waals surface area contributed by atoms with E-state index in [9.17, 15) is 0 Å². The molecule has 0 saturated heterocycles. The minimum Gasteiger partial charge on any atom is -0.237 e. The largest absolute Gasteiger partial charge is 0.237 e. The zero-order valence-electron chi connectivity index (χ0n) is 9.59. The van der Waals surface area contributed by atoms with Gasteiger partial charge in [0.05, 0.1) is 0 Å². The van der Waals surface area contributed by atoms with Crippen molar-refractivity contribution < 1.29 is 0 Å². The van der Waals surface area contributed by atoms with E-state index >= 15 is 0 Å². The quantitative estimate of drug-likeness (QED) is 0.672. The highest BCUT2D eigenvalue weighted by Gasteiger charge is 1.98. The molecule has 16 heavy (non-hydrogen) atoms. The topological polar surface area (TPSA) is 24.7 Å². The van der Waals surface area contributed by atoms with Crippen LogP contribution in [-0.2, 0) is 0 Å². The van der Waals surface area contributed by atoms with E-state index in [4.69, 9.17) is 0 Å². The lowest BCUT2D eigenvalue weighted by Gasteiger charge is -2.02. The molecule has 0 amide bonds. The number of allylic oxidation sites excluding steroid dienone is 3. The van der Waals surface area contributed by atoms with E-state index in [1.54, 1.807) is 34.0 Å². The molecule has 0 fully saturated rings. The van der Waals surface area contributed by atoms with Gasteiger partial charge in [0.25, 0.3) is 0 Å². The highest BCUT2D eigenvalue weighted by molar-refractivity contribution is 8.78. The summed E-state index contributed by atoms with van der Waals surface area (Å²) < 4.78 is 0. The molecule has 1 rings (SSSR count). The van der Waals surface area contributed by atoms with E-state index in [0.29, 0.717) is 0 Å². The van der Waals surface area contributed by atoms with E-state index in [1.165, 1.54) is 5.57 Å². The van der Waals surface area contributed by atoms with Gasteiger partial charge in [-0.2, -0.15) is 0 Å². The standard InChI is InChI=1S/C12H16N2S2/c1-3-11(4-2)12-13-7-5-9-15-16-10-6-8-14-12/h5-10H,3-4H2,1-2H3/b9-5+,10-6+,13-7-,14-8-. The first-order valence-electron chi connectivity index (χ1n) is 5.31. The van der Waals surface area contributed by atoms with Crippen LogP contribution in [0, 0.1) is 0 Å². The molecule has 0 N–H and O–H groups in total. The zero-order chi connectivity index (χ0) is 11.6. The predicted molar refractivity (Wildman–Crippen MR) is 78.1 cm³/mol. The van der Waals surface area contributed by atoms with Crippen molar-refractivity contribution in [2.45, 2.75) is 26.7 Å². The third kappa shape index (κ3) is 4.86. The first kappa shape index (κ1) is 13.3. The van der Waals surface area contributed by atoms with Crippen LogP contribution in [0.2, 0.25) is 0 Å². The Morgan fingerprint density at radius 2 is 1.50 bits per heavy atom. The molecule has 1 aliphatic rings. The van der Waals surface area contributed by atoms with E-state index < -0.39 is 0 Å². The van der Waals surface area contributed by atoms with Crippen LogP contribution >= 0.6 is 21.6 Å². The number of hydrogen-bond acceptors (Lipinski definition) is 4. The molecule has 86 valence electrons. The molecule has 1 aliphatic heterocycles. The van der Waals surface area contributed by atoms with Crippen LogP contribution in [0.25, 0.3) is 0 Å². The fourth-order valence-electron chi connectivity index (χ4n) is 1.21. The van der Waals surface area contributed by atoms with Crippen LogP contribution in [0.3, 0.4) is 0 Å². The SMILES string of the molecule is CCC(CC)=C1/N=C\C=C\SS/C=C/C=N\1. The Morgan fingerprint density at radius 3 is 1.94 bits per heavy atom. The second-order valence-corrected chi connectivity index (χ2v) is 5.12. The molecule has 1 heterocycles. The third-order valence-electron chi connectivity index (χ3n) is 2.06. The van der Waals surface area contributed by atoms with Crippen molar-refractivity contribution in [3.05, 3.63) is 34.4 Å². The number of rotatable bonds is 2. The van der Waals surface area contributed by atoms with Crippen molar-refractivity contribution in [2.24, 2.45) is 9.98 Å². The van der Waals surface area contributed by atoms with Gasteiger partial charge in [-0.1, -0.05) is 35.4 Å². The van der Waals surface area contributed by atoms with Gasteiger partial charge in [-0.05, 0) is 41.4 Å². The second kappa shape index (κ2) is 8.42. The maximum absolute atomic E-state index is 4.38. The Bertz CT molecular complexity index is 320. The van der Waals surface area contributed by atoms with Crippen molar-refractivity contribution in [3.8, 4) is 0 Å². The summed E-state index contributed by atoms with van der Waals surface area (Å²) in [5, 5.41) is 4.03. The Labute approximate surface area is 105 Å². The van der Waals surface area contributed by atoms with Crippen LogP contribution in [0.5, 0.6) is 0 Å². The van der Waals surface area contributed by atoms with Gasteiger partial charge in [0, 0.05) is 12.4 Å². The molecular weight excluding hydrogens is 236 g/mol. The van der Waals surface area contributed by atoms with Crippen molar-refractivity contribution in [1.82, 2.24) is 0 Å². The Hall–Kier alpha value is -0.740. The maximum Gasteiger partial charge on any atom is 0.150 e. The lowest BCUT2D eigenvalue weighted by molar-refractivity contribution is 0.931. The molecule has 0 radical (unpaired) electrons. The van der Waals surface area contributed by atoms with Crippen molar-refractivity contribution >= 4 is 34.0 Å². The molecule has 2 nitrogen and oxygen atoms in total. The van der Waals surface area contributed by atoms with Gasteiger partial charge in [-0.15, -0.1) is 0 Å². The molecule has 0 atom stereocenters. The highest BCUT2D eigenvalue weighted by Crippen LogP contribution is 2.23. The van der Waals surface area contributed by atoms with Crippen LogP contribution in [-0.4, -0.2) is 12.4 Å². The summed E-state index contributed by atoms with van der Waals surface area (Å²) >= 11 is 0. The molecule has 0 bridgehead atoms. The fourth-order valence-corrected chi connectivity index (χ4v) is 2.37. The van der Waals surface area contributed by atoms with Crippen molar-refractivity contribution in [3.63, 3.8) is 0 Å². The molecular formula is C12H16N2S2. The maximum atomic E-state index is 4.38. The van der Waals surface area contributed by atoms with Crippen LogP contribution in [0.15, 0.2) is 44.3 Å². The van der Waals surface area contributed by atoms with Crippen LogP contribution < -0.4 is 0 Å². The Morgan fingerprint density at radius 1 is 1.00 bits per heavy atom.